The summed E-state index contributed by atoms with van der Waals surface area (Å²) in [7, 11) is 1.86. The quantitative estimate of drug-likeness (QED) is 0.412. The molecule has 7 nitrogen and oxygen atoms in total. The smallest absolute Gasteiger partial charge is 0.358 e. The number of halogens is 3. The number of rotatable bonds is 8. The van der Waals surface area contributed by atoms with Crippen molar-refractivity contribution in [2.75, 3.05) is 31.6 Å². The Morgan fingerprint density at radius 2 is 1.89 bits per heavy atom. The molecule has 1 aliphatic heterocycles. The number of aryl methyl sites for hydroxylation is 2. The third-order valence-corrected chi connectivity index (χ3v) is 5.68. The van der Waals surface area contributed by atoms with Crippen LogP contribution in [0.2, 0.25) is 0 Å². The van der Waals surface area contributed by atoms with Gasteiger partial charge in [0, 0.05) is 51.9 Å². The molecule has 1 amide bonds. The number of likely N-dealkylation sites (tertiary alicyclic amines) is 1. The van der Waals surface area contributed by atoms with E-state index in [0.717, 1.165) is 31.5 Å². The molecule has 0 atom stereocenters. The molecule has 0 aromatic carbocycles. The summed E-state index contributed by atoms with van der Waals surface area (Å²) >= 11 is 0. The molecule has 0 bridgehead atoms. The molecule has 0 aliphatic carbocycles. The predicted octanol–water partition coefficient (Wildman–Crippen LogP) is 5.34. The molecular weight excluding hydrogens is 469 g/mol. The van der Waals surface area contributed by atoms with Crippen LogP contribution >= 0.6 is 0 Å². The number of hydrogen-bond donors (Lipinski definition) is 0. The van der Waals surface area contributed by atoms with E-state index in [0.29, 0.717) is 30.9 Å². The minimum absolute atomic E-state index is 0.0528. The second-order valence-corrected chi connectivity index (χ2v) is 8.36. The lowest BCUT2D eigenvalue weighted by Crippen LogP contribution is -2.34. The monoisotopic (exact) mass is 506 g/mol. The number of carbonyl (C=O) groups is 1. The Morgan fingerprint density at radius 1 is 1.11 bits per heavy atom. The molecule has 4 heterocycles. The lowest BCUT2D eigenvalue weighted by molar-refractivity contribution is -0.134. The van der Waals surface area contributed by atoms with Crippen molar-refractivity contribution in [3.8, 4) is 0 Å². The Balaban J connectivity index is 0.000000273. The van der Waals surface area contributed by atoms with Gasteiger partial charge in [0.25, 0.3) is 0 Å². The van der Waals surface area contributed by atoms with E-state index in [2.05, 4.69) is 28.1 Å². The van der Waals surface area contributed by atoms with Crippen LogP contribution in [-0.2, 0) is 17.6 Å². The minimum Gasteiger partial charge on any atom is -0.358 e. The first kappa shape index (κ1) is 29.1. The summed E-state index contributed by atoms with van der Waals surface area (Å²) in [4.78, 5) is 23.6. The van der Waals surface area contributed by atoms with Gasteiger partial charge in [-0.25, -0.2) is 14.5 Å². The number of aromatic nitrogens is 4. The second kappa shape index (κ2) is 14.4. The van der Waals surface area contributed by atoms with Gasteiger partial charge in [0.1, 0.15) is 12.1 Å². The maximum atomic E-state index is 12.2. The van der Waals surface area contributed by atoms with Crippen LogP contribution in [0.25, 0.3) is 5.65 Å². The number of hydrogen-bond acceptors (Lipinski definition) is 5. The fraction of sp³-hybridized carbons (Fsp3) is 0.538. The summed E-state index contributed by atoms with van der Waals surface area (Å²) in [6.45, 7) is 8.27. The number of likely N-dealkylation sites (N-methyl/N-ethyl adjacent to an activating group) is 1. The first-order valence-corrected chi connectivity index (χ1v) is 12.5. The molecule has 0 unspecified atom stereocenters. The molecule has 36 heavy (non-hydrogen) atoms. The molecule has 0 spiro atoms. The van der Waals surface area contributed by atoms with Gasteiger partial charge in [-0.1, -0.05) is 39.3 Å². The van der Waals surface area contributed by atoms with Crippen molar-refractivity contribution < 1.29 is 18.0 Å². The normalized spacial score (nSPS) is 13.2. The second-order valence-electron chi connectivity index (χ2n) is 8.36. The van der Waals surface area contributed by atoms with Crippen LogP contribution in [0.5, 0.6) is 0 Å². The van der Waals surface area contributed by atoms with Gasteiger partial charge in [-0.05, 0) is 42.5 Å². The third kappa shape index (κ3) is 9.13. The SMILES string of the molecule is CC.CCCc1cccn2ncnc12.CN(CCN1CCCC1=O)c1ccc(CCC(F)(F)F)cn1. The van der Waals surface area contributed by atoms with Crippen molar-refractivity contribution in [2.45, 2.75) is 65.5 Å². The fourth-order valence-corrected chi connectivity index (χ4v) is 3.77. The van der Waals surface area contributed by atoms with Crippen LogP contribution in [0.15, 0.2) is 43.0 Å². The average molecular weight is 507 g/mol. The van der Waals surface area contributed by atoms with Crippen molar-refractivity contribution in [3.05, 3.63) is 54.1 Å². The average Bonchev–Trinajstić information content (AvgIpc) is 3.52. The highest BCUT2D eigenvalue weighted by atomic mass is 19.4. The summed E-state index contributed by atoms with van der Waals surface area (Å²) in [5, 5.41) is 4.07. The molecule has 4 rings (SSSR count). The number of carbonyl (C=O) groups excluding carboxylic acids is 1. The van der Waals surface area contributed by atoms with Crippen molar-refractivity contribution in [1.82, 2.24) is 24.5 Å². The Bertz CT molecular complexity index is 1050. The first-order chi connectivity index (χ1) is 17.3. The summed E-state index contributed by atoms with van der Waals surface area (Å²) in [6, 6.07) is 7.50. The molecule has 1 aliphatic rings. The van der Waals surface area contributed by atoms with E-state index in [1.807, 2.05) is 47.5 Å². The van der Waals surface area contributed by atoms with E-state index in [9.17, 15) is 18.0 Å². The van der Waals surface area contributed by atoms with Gasteiger partial charge in [0.15, 0.2) is 5.65 Å². The molecule has 3 aromatic rings. The predicted molar refractivity (Wildman–Crippen MR) is 136 cm³/mol. The molecule has 1 saturated heterocycles. The number of amides is 1. The topological polar surface area (TPSA) is 66.6 Å². The Labute approximate surface area is 211 Å². The summed E-state index contributed by atoms with van der Waals surface area (Å²) in [5.74, 6) is 0.881. The highest BCUT2D eigenvalue weighted by molar-refractivity contribution is 5.78. The van der Waals surface area contributed by atoms with Gasteiger partial charge in [0.2, 0.25) is 5.91 Å². The van der Waals surface area contributed by atoms with E-state index in [4.69, 9.17) is 0 Å². The number of nitrogens with zero attached hydrogens (tertiary/aromatic N) is 6. The van der Waals surface area contributed by atoms with E-state index >= 15 is 0 Å². The first-order valence-electron chi connectivity index (χ1n) is 12.5. The van der Waals surface area contributed by atoms with Gasteiger partial charge < -0.3 is 9.80 Å². The maximum absolute atomic E-state index is 12.2. The van der Waals surface area contributed by atoms with Crippen LogP contribution in [-0.4, -0.2) is 63.2 Å². The van der Waals surface area contributed by atoms with Gasteiger partial charge in [-0.3, -0.25) is 4.79 Å². The van der Waals surface area contributed by atoms with Crippen LogP contribution in [0, 0.1) is 0 Å². The van der Waals surface area contributed by atoms with Crippen molar-refractivity contribution in [3.63, 3.8) is 0 Å². The molecule has 3 aromatic heterocycles. The van der Waals surface area contributed by atoms with Crippen LogP contribution in [0.1, 0.15) is 57.6 Å². The zero-order valence-corrected chi connectivity index (χ0v) is 21.6. The Morgan fingerprint density at radius 3 is 2.50 bits per heavy atom. The van der Waals surface area contributed by atoms with Crippen LogP contribution in [0.4, 0.5) is 19.0 Å². The summed E-state index contributed by atoms with van der Waals surface area (Å²) in [6.07, 6.45) is 3.72. The zero-order valence-electron chi connectivity index (χ0n) is 21.6. The fourth-order valence-electron chi connectivity index (χ4n) is 3.77. The molecule has 198 valence electrons. The summed E-state index contributed by atoms with van der Waals surface area (Å²) < 4.78 is 38.3. The zero-order chi connectivity index (χ0) is 26.6. The van der Waals surface area contributed by atoms with Crippen molar-refractivity contribution in [2.24, 2.45) is 0 Å². The van der Waals surface area contributed by atoms with Gasteiger partial charge in [-0.15, -0.1) is 0 Å². The molecular formula is C26H37F3N6O. The molecule has 0 N–H and O–H groups in total. The number of alkyl halides is 3. The van der Waals surface area contributed by atoms with E-state index < -0.39 is 12.6 Å². The molecule has 10 heteroatoms. The largest absolute Gasteiger partial charge is 0.389 e. The van der Waals surface area contributed by atoms with Crippen molar-refractivity contribution >= 4 is 17.4 Å². The van der Waals surface area contributed by atoms with Crippen molar-refractivity contribution in [1.29, 1.82) is 0 Å². The molecule has 1 fully saturated rings. The van der Waals surface area contributed by atoms with E-state index in [-0.39, 0.29) is 12.3 Å². The Kier molecular flexibility index (Phi) is 11.6. The van der Waals surface area contributed by atoms with E-state index in [1.54, 1.807) is 18.5 Å². The lowest BCUT2D eigenvalue weighted by atomic mass is 10.1. The Hall–Kier alpha value is -3.17. The van der Waals surface area contributed by atoms with Crippen LogP contribution in [0.3, 0.4) is 0 Å². The third-order valence-electron chi connectivity index (χ3n) is 5.68. The van der Waals surface area contributed by atoms with Gasteiger partial charge >= 0.3 is 6.18 Å². The van der Waals surface area contributed by atoms with E-state index in [1.165, 1.54) is 11.8 Å². The van der Waals surface area contributed by atoms with Gasteiger partial charge in [-0.2, -0.15) is 18.3 Å². The standard InChI is InChI=1S/C15H20F3N3O.C9H11N3.C2H6/c1-20(9-10-21-8-2-3-14(21)22)13-5-4-12(11-19-13)6-7-15(16,17)18;1-2-4-8-5-3-6-12-9(8)10-7-11-12;1-2/h4-5,11H,2-3,6-10H2,1H3;3,5-7H,2,4H2,1H3;1-2H3. The lowest BCUT2D eigenvalue weighted by Gasteiger charge is -2.22. The number of anilines is 1. The highest BCUT2D eigenvalue weighted by Gasteiger charge is 2.26. The number of fused-ring (bicyclic) bond motifs is 1. The summed E-state index contributed by atoms with van der Waals surface area (Å²) in [5.41, 5.74) is 2.83. The maximum Gasteiger partial charge on any atom is 0.389 e. The highest BCUT2D eigenvalue weighted by Crippen LogP contribution is 2.22. The molecule has 0 radical (unpaired) electrons. The van der Waals surface area contributed by atoms with Gasteiger partial charge in [0.05, 0.1) is 0 Å². The minimum atomic E-state index is -4.14. The number of pyridine rings is 2. The van der Waals surface area contributed by atoms with Crippen LogP contribution < -0.4 is 4.90 Å². The molecule has 0 saturated carbocycles.